The number of para-hydroxylation sites is 1. The van der Waals surface area contributed by atoms with Crippen molar-refractivity contribution in [2.24, 2.45) is 0 Å². The molecular weight excluding hydrogens is 422 g/mol. The smallest absolute Gasteiger partial charge is 0.261 e. The zero-order valence-corrected chi connectivity index (χ0v) is 17.7. The summed E-state index contributed by atoms with van der Waals surface area (Å²) in [7, 11) is 0. The molecule has 3 aromatic carbocycles. The Morgan fingerprint density at radius 2 is 1.75 bits per heavy atom. The van der Waals surface area contributed by atoms with Gasteiger partial charge in [0.05, 0.1) is 21.3 Å². The number of carbonyl (C=O) groups is 3. The van der Waals surface area contributed by atoms with Crippen molar-refractivity contribution >= 4 is 45.0 Å². The van der Waals surface area contributed by atoms with Gasteiger partial charge in [0.1, 0.15) is 5.01 Å². The number of nitrogens with one attached hydrogen (secondary N) is 1. The lowest BCUT2D eigenvalue weighted by Gasteiger charge is -2.09. The summed E-state index contributed by atoms with van der Waals surface area (Å²) < 4.78 is 1.12. The molecule has 2 heterocycles. The second kappa shape index (κ2) is 7.86. The fourth-order valence-corrected chi connectivity index (χ4v) is 4.59. The van der Waals surface area contributed by atoms with Gasteiger partial charge in [-0.15, -0.1) is 17.9 Å². The average molecular weight is 439 g/mol. The van der Waals surface area contributed by atoms with Crippen LogP contribution >= 0.6 is 11.3 Å². The summed E-state index contributed by atoms with van der Waals surface area (Å²) in [6.45, 7) is 3.71. The molecule has 3 amide bonds. The number of imide groups is 1. The number of hydrogen-bond acceptors (Lipinski definition) is 5. The van der Waals surface area contributed by atoms with E-state index in [0.29, 0.717) is 16.8 Å². The molecule has 32 heavy (non-hydrogen) atoms. The molecule has 0 saturated heterocycles. The minimum Gasteiger partial charge on any atom is -0.322 e. The van der Waals surface area contributed by atoms with Gasteiger partial charge in [0, 0.05) is 23.4 Å². The van der Waals surface area contributed by atoms with Crippen molar-refractivity contribution in [2.75, 3.05) is 11.9 Å². The summed E-state index contributed by atoms with van der Waals surface area (Å²) in [6.07, 6.45) is 1.49. The van der Waals surface area contributed by atoms with E-state index in [1.165, 1.54) is 18.2 Å². The molecule has 1 aliphatic rings. The SMILES string of the molecule is C=CCN1C(=O)c2ccc(C(=O)Nc3ccc(-c4nc5ccccc5s4)cc3)cc2C1=O. The molecule has 0 bridgehead atoms. The minimum absolute atomic E-state index is 0.134. The molecule has 5 rings (SSSR count). The van der Waals surface area contributed by atoms with E-state index < -0.39 is 5.91 Å². The number of fused-ring (bicyclic) bond motifs is 2. The lowest BCUT2D eigenvalue weighted by molar-refractivity contribution is 0.0672. The molecule has 0 fully saturated rings. The van der Waals surface area contributed by atoms with Crippen molar-refractivity contribution in [3.63, 3.8) is 0 Å². The number of carbonyl (C=O) groups excluding carboxylic acids is 3. The van der Waals surface area contributed by atoms with Crippen LogP contribution in [0.2, 0.25) is 0 Å². The number of hydrogen-bond donors (Lipinski definition) is 1. The zero-order chi connectivity index (χ0) is 22.2. The third kappa shape index (κ3) is 3.38. The summed E-state index contributed by atoms with van der Waals surface area (Å²) in [5, 5.41) is 3.75. The predicted molar refractivity (Wildman–Crippen MR) is 125 cm³/mol. The normalized spacial score (nSPS) is 12.8. The standard InChI is InChI=1S/C25H17N3O3S/c1-2-13-28-24(30)18-12-9-16(14-19(18)25(28)31)22(29)26-17-10-7-15(8-11-17)23-27-20-5-3-4-6-21(20)32-23/h2-12,14H,1,13H2,(H,26,29). The Morgan fingerprint density at radius 3 is 2.50 bits per heavy atom. The first-order valence-electron chi connectivity index (χ1n) is 9.93. The van der Waals surface area contributed by atoms with Gasteiger partial charge in [-0.25, -0.2) is 4.98 Å². The van der Waals surface area contributed by atoms with Crippen LogP contribution in [0.4, 0.5) is 5.69 Å². The number of thiazole rings is 1. The van der Waals surface area contributed by atoms with E-state index in [9.17, 15) is 14.4 Å². The first kappa shape index (κ1) is 19.8. The minimum atomic E-state index is -0.417. The van der Waals surface area contributed by atoms with Gasteiger partial charge in [-0.2, -0.15) is 0 Å². The van der Waals surface area contributed by atoms with Crippen molar-refractivity contribution in [1.29, 1.82) is 0 Å². The molecule has 1 aliphatic heterocycles. The molecule has 0 unspecified atom stereocenters. The van der Waals surface area contributed by atoms with Crippen LogP contribution < -0.4 is 5.32 Å². The molecule has 0 atom stereocenters. The largest absolute Gasteiger partial charge is 0.322 e. The van der Waals surface area contributed by atoms with Gasteiger partial charge in [-0.1, -0.05) is 18.2 Å². The highest BCUT2D eigenvalue weighted by Gasteiger charge is 2.35. The Balaban J connectivity index is 1.34. The number of aromatic nitrogens is 1. The second-order valence-corrected chi connectivity index (χ2v) is 8.32. The van der Waals surface area contributed by atoms with E-state index in [4.69, 9.17) is 0 Å². The monoisotopic (exact) mass is 439 g/mol. The molecule has 4 aromatic rings. The second-order valence-electron chi connectivity index (χ2n) is 7.29. The van der Waals surface area contributed by atoms with Crippen molar-refractivity contribution in [2.45, 2.75) is 0 Å². The highest BCUT2D eigenvalue weighted by Crippen LogP contribution is 2.31. The van der Waals surface area contributed by atoms with Crippen LogP contribution in [0, 0.1) is 0 Å². The van der Waals surface area contributed by atoms with Gasteiger partial charge < -0.3 is 5.32 Å². The number of amides is 3. The lowest BCUT2D eigenvalue weighted by atomic mass is 10.1. The topological polar surface area (TPSA) is 79.4 Å². The van der Waals surface area contributed by atoms with E-state index in [2.05, 4.69) is 16.9 Å². The van der Waals surface area contributed by atoms with E-state index in [1.807, 2.05) is 48.5 Å². The fraction of sp³-hybridized carbons (Fsp3) is 0.0400. The predicted octanol–water partition coefficient (Wildman–Crippen LogP) is 5.00. The van der Waals surface area contributed by atoms with Crippen molar-refractivity contribution < 1.29 is 14.4 Å². The first-order valence-corrected chi connectivity index (χ1v) is 10.8. The summed E-state index contributed by atoms with van der Waals surface area (Å²) in [6, 6.07) is 19.9. The highest BCUT2D eigenvalue weighted by atomic mass is 32.1. The Bertz CT molecular complexity index is 1370. The molecule has 156 valence electrons. The molecule has 1 N–H and O–H groups in total. The first-order chi connectivity index (χ1) is 15.5. The summed E-state index contributed by atoms with van der Waals surface area (Å²) in [5.74, 6) is -1.15. The summed E-state index contributed by atoms with van der Waals surface area (Å²) in [4.78, 5) is 43.3. The van der Waals surface area contributed by atoms with Crippen LogP contribution in [0.3, 0.4) is 0 Å². The van der Waals surface area contributed by atoms with Crippen molar-refractivity contribution in [3.8, 4) is 10.6 Å². The van der Waals surface area contributed by atoms with Gasteiger partial charge in [-0.3, -0.25) is 19.3 Å². The Hall–Kier alpha value is -4.10. The van der Waals surface area contributed by atoms with Crippen LogP contribution in [0.25, 0.3) is 20.8 Å². The number of anilines is 1. The van der Waals surface area contributed by atoms with Crippen molar-refractivity contribution in [3.05, 3.63) is 96.1 Å². The van der Waals surface area contributed by atoms with Gasteiger partial charge in [0.2, 0.25) is 0 Å². The number of rotatable bonds is 5. The maximum Gasteiger partial charge on any atom is 0.261 e. The fourth-order valence-electron chi connectivity index (χ4n) is 3.62. The third-order valence-electron chi connectivity index (χ3n) is 5.23. The maximum absolute atomic E-state index is 12.7. The quantitative estimate of drug-likeness (QED) is 0.351. The van der Waals surface area contributed by atoms with Crippen molar-refractivity contribution in [1.82, 2.24) is 9.88 Å². The van der Waals surface area contributed by atoms with E-state index >= 15 is 0 Å². The summed E-state index contributed by atoms with van der Waals surface area (Å²) in [5.41, 5.74) is 3.38. The molecule has 0 spiro atoms. The molecule has 0 radical (unpaired) electrons. The van der Waals surface area contributed by atoms with Gasteiger partial charge in [-0.05, 0) is 54.6 Å². The van der Waals surface area contributed by atoms with Gasteiger partial charge >= 0.3 is 0 Å². The summed E-state index contributed by atoms with van der Waals surface area (Å²) >= 11 is 1.61. The van der Waals surface area contributed by atoms with Gasteiger partial charge in [0.15, 0.2) is 0 Å². The number of benzene rings is 3. The molecular formula is C25H17N3O3S. The molecule has 0 saturated carbocycles. The molecule has 1 aromatic heterocycles. The Morgan fingerprint density at radius 1 is 1.00 bits per heavy atom. The van der Waals surface area contributed by atoms with E-state index in [1.54, 1.807) is 17.4 Å². The van der Waals surface area contributed by atoms with Crippen LogP contribution in [-0.4, -0.2) is 34.2 Å². The van der Waals surface area contributed by atoms with Crippen LogP contribution in [0.1, 0.15) is 31.1 Å². The third-order valence-corrected chi connectivity index (χ3v) is 6.31. The highest BCUT2D eigenvalue weighted by molar-refractivity contribution is 7.21. The molecule has 7 heteroatoms. The van der Waals surface area contributed by atoms with Gasteiger partial charge in [0.25, 0.3) is 17.7 Å². The Kier molecular flexibility index (Phi) is 4.88. The van der Waals surface area contributed by atoms with E-state index in [-0.39, 0.29) is 23.9 Å². The zero-order valence-electron chi connectivity index (χ0n) is 16.9. The molecule has 6 nitrogen and oxygen atoms in total. The van der Waals surface area contributed by atoms with Crippen LogP contribution in [0.5, 0.6) is 0 Å². The lowest BCUT2D eigenvalue weighted by Crippen LogP contribution is -2.29. The maximum atomic E-state index is 12.7. The Labute approximate surface area is 187 Å². The number of nitrogens with zero attached hydrogens (tertiary/aromatic N) is 2. The average Bonchev–Trinajstić information content (AvgIpc) is 3.35. The van der Waals surface area contributed by atoms with Crippen LogP contribution in [0.15, 0.2) is 79.4 Å². The van der Waals surface area contributed by atoms with E-state index in [0.717, 1.165) is 25.7 Å². The molecule has 0 aliphatic carbocycles. The van der Waals surface area contributed by atoms with Crippen LogP contribution in [-0.2, 0) is 0 Å².